The number of carbonyl (C=O) groups excluding carboxylic acids is 4. The number of para-hydroxylation sites is 2. The first-order valence-corrected chi connectivity index (χ1v) is 17.4. The summed E-state index contributed by atoms with van der Waals surface area (Å²) in [6.07, 6.45) is 0.316. The van der Waals surface area contributed by atoms with Crippen molar-refractivity contribution in [3.05, 3.63) is 71.3 Å². The van der Waals surface area contributed by atoms with E-state index in [1.165, 1.54) is 16.9 Å². The fourth-order valence-corrected chi connectivity index (χ4v) is 8.43. The maximum absolute atomic E-state index is 15.4. The van der Waals surface area contributed by atoms with E-state index in [1.807, 2.05) is 69.3 Å². The Morgan fingerprint density at radius 2 is 1.44 bits per heavy atom. The predicted molar refractivity (Wildman–Crippen MR) is 190 cm³/mol. The number of fused-ring (bicyclic) bond motifs is 6. The molecule has 2 aromatic rings. The van der Waals surface area contributed by atoms with Gasteiger partial charge in [0.15, 0.2) is 0 Å². The van der Waals surface area contributed by atoms with Crippen LogP contribution in [-0.4, -0.2) is 76.6 Å². The van der Waals surface area contributed by atoms with E-state index in [0.29, 0.717) is 18.5 Å². The van der Waals surface area contributed by atoms with Gasteiger partial charge in [0.25, 0.3) is 0 Å². The minimum absolute atomic E-state index is 0.178. The van der Waals surface area contributed by atoms with Crippen molar-refractivity contribution in [2.75, 3.05) is 17.3 Å². The zero-order chi connectivity index (χ0) is 36.6. The van der Waals surface area contributed by atoms with Crippen LogP contribution in [0.4, 0.5) is 21.0 Å². The second-order valence-corrected chi connectivity index (χ2v) is 16.5. The number of likely N-dealkylation sites (tertiary alicyclic amines) is 2. The Balaban J connectivity index is 1.50. The third-order valence-electron chi connectivity index (χ3n) is 10.3. The molecule has 6 rings (SSSR count). The van der Waals surface area contributed by atoms with Gasteiger partial charge in [-0.1, -0.05) is 55.0 Å². The van der Waals surface area contributed by atoms with Crippen LogP contribution < -0.4 is 10.2 Å². The minimum Gasteiger partial charge on any atom is -0.467 e. The fourth-order valence-electron chi connectivity index (χ4n) is 8.43. The van der Waals surface area contributed by atoms with E-state index in [4.69, 9.17) is 14.2 Å². The van der Waals surface area contributed by atoms with Crippen molar-refractivity contribution in [1.29, 1.82) is 0 Å². The molecule has 0 radical (unpaired) electrons. The van der Waals surface area contributed by atoms with Crippen molar-refractivity contribution < 1.29 is 33.4 Å². The lowest BCUT2D eigenvalue weighted by atomic mass is 9.75. The summed E-state index contributed by atoms with van der Waals surface area (Å²) in [5.41, 5.74) is 1.23. The van der Waals surface area contributed by atoms with Crippen LogP contribution in [0.25, 0.3) is 0 Å². The first-order chi connectivity index (χ1) is 23.3. The van der Waals surface area contributed by atoms with Crippen molar-refractivity contribution >= 4 is 35.4 Å². The van der Waals surface area contributed by atoms with Gasteiger partial charge in [0, 0.05) is 16.5 Å². The summed E-state index contributed by atoms with van der Waals surface area (Å²) in [4.78, 5) is 62.0. The van der Waals surface area contributed by atoms with Gasteiger partial charge >= 0.3 is 18.2 Å². The van der Waals surface area contributed by atoms with Crippen molar-refractivity contribution in [1.82, 2.24) is 9.80 Å². The number of amides is 3. The number of carbonyl (C=O) groups is 4. The number of hydrogen-bond donors (Lipinski definition) is 1. The van der Waals surface area contributed by atoms with E-state index in [2.05, 4.69) is 11.4 Å². The normalized spacial score (nSPS) is 27.8. The molecule has 4 aliphatic rings. The van der Waals surface area contributed by atoms with E-state index in [0.717, 1.165) is 22.4 Å². The third kappa shape index (κ3) is 5.68. The van der Waals surface area contributed by atoms with Crippen LogP contribution in [0.5, 0.6) is 0 Å². The lowest BCUT2D eigenvalue weighted by Gasteiger charge is -2.39. The molecule has 50 heavy (non-hydrogen) atoms. The molecule has 268 valence electrons. The molecule has 0 spiro atoms. The number of methoxy groups -OCH3 is 1. The first-order valence-electron chi connectivity index (χ1n) is 17.4. The van der Waals surface area contributed by atoms with Crippen LogP contribution in [-0.2, 0) is 34.6 Å². The number of benzene rings is 2. The average Bonchev–Trinajstić information content (AvgIpc) is 3.69. The topological polar surface area (TPSA) is 118 Å². The van der Waals surface area contributed by atoms with Crippen LogP contribution in [0.1, 0.15) is 92.7 Å². The molecule has 2 saturated heterocycles. The number of nitrogens with one attached hydrogen (secondary N) is 1. The van der Waals surface area contributed by atoms with Crippen LogP contribution in [0.2, 0.25) is 0 Å². The summed E-state index contributed by atoms with van der Waals surface area (Å²) >= 11 is 0. The van der Waals surface area contributed by atoms with Crippen molar-refractivity contribution in [3.63, 3.8) is 0 Å². The summed E-state index contributed by atoms with van der Waals surface area (Å²) < 4.78 is 17.2. The highest BCUT2D eigenvalue weighted by atomic mass is 16.6. The molecule has 2 fully saturated rings. The molecule has 0 unspecified atom stereocenters. The van der Waals surface area contributed by atoms with Gasteiger partial charge in [-0.2, -0.15) is 0 Å². The molecule has 3 amide bonds. The molecule has 2 aromatic carbocycles. The number of ether oxygens (including phenoxy) is 3. The van der Waals surface area contributed by atoms with E-state index >= 15 is 4.79 Å². The Hall–Kier alpha value is -4.54. The van der Waals surface area contributed by atoms with Gasteiger partial charge in [-0.25, -0.2) is 14.4 Å². The molecular formula is C39H50N4O7. The first kappa shape index (κ1) is 35.3. The third-order valence-corrected chi connectivity index (χ3v) is 10.3. The quantitative estimate of drug-likeness (QED) is 0.211. The largest absolute Gasteiger partial charge is 0.467 e. The summed E-state index contributed by atoms with van der Waals surface area (Å²) in [7, 11) is 1.33. The maximum Gasteiger partial charge on any atom is 0.416 e. The highest BCUT2D eigenvalue weighted by Gasteiger charge is 2.67. The highest BCUT2D eigenvalue weighted by molar-refractivity contribution is 5.97. The minimum atomic E-state index is -1.09. The SMILES string of the molecule is COC(=O)[C@@H]1C[C@@]2(CC=C(C)C)c3ccccc3N[C@H]2N1C(=O)[C@@H]1C[C@]2(C)c3ccccc3N(C(=O)OC(C)(C)C)[C@@H]2N1C(=O)OC(C)(C)C. The summed E-state index contributed by atoms with van der Waals surface area (Å²) in [5.74, 6) is -0.953. The fraction of sp³-hybridized carbons (Fsp3) is 0.538. The monoisotopic (exact) mass is 686 g/mol. The zero-order valence-electron chi connectivity index (χ0n) is 30.8. The van der Waals surface area contributed by atoms with Crippen LogP contribution >= 0.6 is 0 Å². The number of rotatable bonds is 4. The van der Waals surface area contributed by atoms with Crippen LogP contribution in [0.15, 0.2) is 60.2 Å². The zero-order valence-corrected chi connectivity index (χ0v) is 30.8. The number of nitrogens with zero attached hydrogens (tertiary/aromatic N) is 3. The number of esters is 1. The van der Waals surface area contributed by atoms with Gasteiger partial charge in [-0.05, 0) is 97.9 Å². The Morgan fingerprint density at radius 3 is 2.06 bits per heavy atom. The van der Waals surface area contributed by atoms with Crippen molar-refractivity contribution in [3.8, 4) is 0 Å². The molecule has 1 N–H and O–H groups in total. The number of anilines is 2. The molecule has 0 saturated carbocycles. The average molecular weight is 687 g/mol. The predicted octanol–water partition coefficient (Wildman–Crippen LogP) is 6.85. The standard InChI is InChI=1S/C39H50N4O7/c1-23(2)19-20-39-22-29(31(45)48-10)41(32(39)40-26-17-13-11-15-24(26)39)30(44)28-21-38(9)25-16-12-14-18-27(25)42(34(46)49-36(3,4)5)33(38)43(28)35(47)50-37(6,7)8/h11-19,28-29,32-33,40H,20-22H2,1-10H3/t28-,29-,32-,33+,38+,39-/m0/s1. The molecule has 0 aromatic heterocycles. The molecule has 11 nitrogen and oxygen atoms in total. The van der Waals surface area contributed by atoms with Gasteiger partial charge in [0.05, 0.1) is 12.8 Å². The van der Waals surface area contributed by atoms with E-state index < -0.39 is 70.5 Å². The number of hydrogen-bond acceptors (Lipinski definition) is 8. The Morgan fingerprint density at radius 1 is 0.840 bits per heavy atom. The summed E-state index contributed by atoms with van der Waals surface area (Å²) in [5, 5.41) is 3.58. The lowest BCUT2D eigenvalue weighted by Crippen LogP contribution is -2.60. The van der Waals surface area contributed by atoms with Gasteiger partial charge in [-0.15, -0.1) is 0 Å². The number of allylic oxidation sites excluding steroid dienone is 2. The molecule has 11 heteroatoms. The Bertz CT molecular complexity index is 1750. The van der Waals surface area contributed by atoms with Gasteiger partial charge in [-0.3, -0.25) is 14.6 Å². The second kappa shape index (κ2) is 12.1. The Kier molecular flexibility index (Phi) is 8.51. The van der Waals surface area contributed by atoms with Crippen LogP contribution in [0, 0.1) is 0 Å². The molecule has 4 heterocycles. The maximum atomic E-state index is 15.4. The van der Waals surface area contributed by atoms with Gasteiger partial charge in [0.1, 0.15) is 35.6 Å². The molecular weight excluding hydrogens is 636 g/mol. The van der Waals surface area contributed by atoms with E-state index in [9.17, 15) is 14.4 Å². The second-order valence-electron chi connectivity index (χ2n) is 16.5. The van der Waals surface area contributed by atoms with E-state index in [-0.39, 0.29) is 6.42 Å². The van der Waals surface area contributed by atoms with Crippen molar-refractivity contribution in [2.24, 2.45) is 0 Å². The van der Waals surface area contributed by atoms with Gasteiger partial charge < -0.3 is 24.4 Å². The van der Waals surface area contributed by atoms with E-state index in [1.54, 1.807) is 46.4 Å². The van der Waals surface area contributed by atoms with Crippen LogP contribution in [0.3, 0.4) is 0 Å². The lowest BCUT2D eigenvalue weighted by molar-refractivity contribution is -0.153. The van der Waals surface area contributed by atoms with Crippen molar-refractivity contribution in [2.45, 2.75) is 128 Å². The molecule has 4 aliphatic heterocycles. The molecule has 0 bridgehead atoms. The smallest absolute Gasteiger partial charge is 0.416 e. The highest BCUT2D eigenvalue weighted by Crippen LogP contribution is 2.57. The molecule has 6 atom stereocenters. The van der Waals surface area contributed by atoms with Gasteiger partial charge in [0.2, 0.25) is 5.91 Å². The molecule has 0 aliphatic carbocycles. The Labute approximate surface area is 294 Å². The summed E-state index contributed by atoms with van der Waals surface area (Å²) in [6.45, 7) is 16.7. The summed E-state index contributed by atoms with van der Waals surface area (Å²) in [6, 6.07) is 13.4.